The summed E-state index contributed by atoms with van der Waals surface area (Å²) in [6, 6.07) is 19.3. The number of hydrogen-bond acceptors (Lipinski definition) is 3. The van der Waals surface area contributed by atoms with Crippen molar-refractivity contribution in [2.75, 3.05) is 5.73 Å². The SMILES string of the molecule is Nc1onc2c1CCC(c1ccc(-c3ccccc3)cc1)C2. The van der Waals surface area contributed by atoms with E-state index in [1.165, 1.54) is 16.7 Å². The third kappa shape index (κ3) is 2.29. The summed E-state index contributed by atoms with van der Waals surface area (Å²) in [5.41, 5.74) is 11.8. The van der Waals surface area contributed by atoms with Gasteiger partial charge in [0, 0.05) is 12.0 Å². The lowest BCUT2D eigenvalue weighted by Crippen LogP contribution is -2.12. The number of fused-ring (bicyclic) bond motifs is 1. The third-order valence-electron chi connectivity index (χ3n) is 4.57. The molecule has 3 nitrogen and oxygen atoms in total. The predicted molar refractivity (Wildman–Crippen MR) is 87.6 cm³/mol. The van der Waals surface area contributed by atoms with Crippen LogP contribution in [-0.2, 0) is 12.8 Å². The van der Waals surface area contributed by atoms with Crippen LogP contribution in [-0.4, -0.2) is 5.16 Å². The van der Waals surface area contributed by atoms with Crippen LogP contribution in [0.4, 0.5) is 5.88 Å². The van der Waals surface area contributed by atoms with E-state index in [0.717, 1.165) is 30.5 Å². The summed E-state index contributed by atoms with van der Waals surface area (Å²) in [7, 11) is 0. The summed E-state index contributed by atoms with van der Waals surface area (Å²) >= 11 is 0. The van der Waals surface area contributed by atoms with Crippen LogP contribution in [0.25, 0.3) is 11.1 Å². The van der Waals surface area contributed by atoms with Gasteiger partial charge in [0.1, 0.15) is 0 Å². The van der Waals surface area contributed by atoms with Crippen molar-refractivity contribution in [2.45, 2.75) is 25.2 Å². The summed E-state index contributed by atoms with van der Waals surface area (Å²) in [6.45, 7) is 0. The molecule has 3 aromatic rings. The molecule has 0 fully saturated rings. The van der Waals surface area contributed by atoms with Crippen LogP contribution >= 0.6 is 0 Å². The normalized spacial score (nSPS) is 17.2. The van der Waals surface area contributed by atoms with Gasteiger partial charge in [0.15, 0.2) is 0 Å². The molecule has 3 heteroatoms. The fourth-order valence-corrected chi connectivity index (χ4v) is 3.30. The summed E-state index contributed by atoms with van der Waals surface area (Å²) in [5.74, 6) is 0.995. The van der Waals surface area contributed by atoms with E-state index in [0.29, 0.717) is 11.8 Å². The number of aromatic nitrogens is 1. The molecule has 0 saturated carbocycles. The minimum Gasteiger partial charge on any atom is -0.367 e. The Morgan fingerprint density at radius 2 is 1.68 bits per heavy atom. The molecule has 1 aliphatic carbocycles. The standard InChI is InChI=1S/C19H18N2O/c20-19-17-11-10-16(12-18(17)21-22-19)15-8-6-14(7-9-15)13-4-2-1-3-5-13/h1-9,16H,10-12,20H2. The summed E-state index contributed by atoms with van der Waals surface area (Å²) in [4.78, 5) is 0. The first-order valence-electron chi connectivity index (χ1n) is 7.69. The van der Waals surface area contributed by atoms with Gasteiger partial charge in [-0.05, 0) is 35.4 Å². The molecule has 1 atom stereocenters. The van der Waals surface area contributed by atoms with E-state index >= 15 is 0 Å². The molecule has 1 aromatic heterocycles. The lowest BCUT2D eigenvalue weighted by molar-refractivity contribution is 0.424. The Morgan fingerprint density at radius 1 is 0.955 bits per heavy atom. The van der Waals surface area contributed by atoms with Crippen molar-refractivity contribution in [1.29, 1.82) is 0 Å². The van der Waals surface area contributed by atoms with Crippen molar-refractivity contribution in [1.82, 2.24) is 5.16 Å². The quantitative estimate of drug-likeness (QED) is 0.769. The van der Waals surface area contributed by atoms with Gasteiger partial charge < -0.3 is 10.3 Å². The monoisotopic (exact) mass is 290 g/mol. The van der Waals surface area contributed by atoms with Gasteiger partial charge in [0.2, 0.25) is 5.88 Å². The lowest BCUT2D eigenvalue weighted by atomic mass is 9.82. The molecule has 0 aliphatic heterocycles. The molecule has 1 heterocycles. The number of nitrogens with two attached hydrogens (primary N) is 1. The van der Waals surface area contributed by atoms with Crippen molar-refractivity contribution in [3.8, 4) is 11.1 Å². The van der Waals surface area contributed by atoms with Gasteiger partial charge in [-0.3, -0.25) is 0 Å². The Labute approximate surface area is 129 Å². The van der Waals surface area contributed by atoms with E-state index < -0.39 is 0 Å². The molecule has 4 rings (SSSR count). The van der Waals surface area contributed by atoms with Crippen LogP contribution in [0.1, 0.15) is 29.2 Å². The third-order valence-corrected chi connectivity index (χ3v) is 4.57. The lowest BCUT2D eigenvalue weighted by Gasteiger charge is -2.21. The maximum absolute atomic E-state index is 5.80. The van der Waals surface area contributed by atoms with Gasteiger partial charge in [0.25, 0.3) is 0 Å². The molecule has 0 radical (unpaired) electrons. The Bertz CT molecular complexity index is 775. The van der Waals surface area contributed by atoms with Crippen molar-refractivity contribution < 1.29 is 4.52 Å². The highest BCUT2D eigenvalue weighted by atomic mass is 16.5. The molecule has 22 heavy (non-hydrogen) atoms. The number of nitrogens with zero attached hydrogens (tertiary/aromatic N) is 1. The highest BCUT2D eigenvalue weighted by Gasteiger charge is 2.25. The zero-order chi connectivity index (χ0) is 14.9. The Balaban J connectivity index is 1.57. The number of benzene rings is 2. The minimum atomic E-state index is 0.493. The van der Waals surface area contributed by atoms with Gasteiger partial charge in [0.05, 0.1) is 5.69 Å². The molecule has 0 amide bonds. The number of rotatable bonds is 2. The maximum Gasteiger partial charge on any atom is 0.225 e. The summed E-state index contributed by atoms with van der Waals surface area (Å²) in [6.07, 6.45) is 2.97. The van der Waals surface area contributed by atoms with Crippen LogP contribution in [0, 0.1) is 0 Å². The average molecular weight is 290 g/mol. The van der Waals surface area contributed by atoms with Gasteiger partial charge >= 0.3 is 0 Å². The van der Waals surface area contributed by atoms with E-state index in [1.807, 2.05) is 6.07 Å². The summed E-state index contributed by atoms with van der Waals surface area (Å²) < 4.78 is 5.11. The van der Waals surface area contributed by atoms with Crippen LogP contribution in [0.5, 0.6) is 0 Å². The molecule has 1 unspecified atom stereocenters. The smallest absolute Gasteiger partial charge is 0.225 e. The zero-order valence-corrected chi connectivity index (χ0v) is 12.3. The van der Waals surface area contributed by atoms with Crippen molar-refractivity contribution in [3.05, 3.63) is 71.4 Å². The molecule has 2 aromatic carbocycles. The fraction of sp³-hybridized carbons (Fsp3) is 0.211. The van der Waals surface area contributed by atoms with Crippen LogP contribution < -0.4 is 5.73 Å². The highest BCUT2D eigenvalue weighted by Crippen LogP contribution is 2.35. The van der Waals surface area contributed by atoms with Crippen molar-refractivity contribution in [2.24, 2.45) is 0 Å². The molecular formula is C19H18N2O. The van der Waals surface area contributed by atoms with Gasteiger partial charge in [-0.2, -0.15) is 0 Å². The Kier molecular flexibility index (Phi) is 3.19. The average Bonchev–Trinajstić information content (AvgIpc) is 2.96. The van der Waals surface area contributed by atoms with Crippen molar-refractivity contribution in [3.63, 3.8) is 0 Å². The van der Waals surface area contributed by atoms with E-state index in [-0.39, 0.29) is 0 Å². The zero-order valence-electron chi connectivity index (χ0n) is 12.3. The van der Waals surface area contributed by atoms with E-state index in [9.17, 15) is 0 Å². The topological polar surface area (TPSA) is 52.0 Å². The molecule has 1 aliphatic rings. The Morgan fingerprint density at radius 3 is 2.45 bits per heavy atom. The van der Waals surface area contributed by atoms with Gasteiger partial charge in [-0.15, -0.1) is 0 Å². The van der Waals surface area contributed by atoms with E-state index in [2.05, 4.69) is 53.7 Å². The molecular weight excluding hydrogens is 272 g/mol. The molecule has 0 saturated heterocycles. The van der Waals surface area contributed by atoms with Crippen molar-refractivity contribution >= 4 is 5.88 Å². The number of anilines is 1. The molecule has 0 spiro atoms. The largest absolute Gasteiger partial charge is 0.367 e. The first-order valence-corrected chi connectivity index (χ1v) is 7.69. The van der Waals surface area contributed by atoms with E-state index in [1.54, 1.807) is 0 Å². The molecule has 2 N–H and O–H groups in total. The van der Waals surface area contributed by atoms with Crippen LogP contribution in [0.2, 0.25) is 0 Å². The molecule has 110 valence electrons. The van der Waals surface area contributed by atoms with Gasteiger partial charge in [-0.1, -0.05) is 59.8 Å². The Hall–Kier alpha value is -2.55. The first-order chi connectivity index (χ1) is 10.8. The first kappa shape index (κ1) is 13.1. The number of hydrogen-bond donors (Lipinski definition) is 1. The predicted octanol–water partition coefficient (Wildman–Crippen LogP) is 4.20. The minimum absolute atomic E-state index is 0.493. The van der Waals surface area contributed by atoms with E-state index in [4.69, 9.17) is 10.3 Å². The second kappa shape index (κ2) is 5.34. The fourth-order valence-electron chi connectivity index (χ4n) is 3.30. The number of nitrogen functional groups attached to an aromatic ring is 1. The highest BCUT2D eigenvalue weighted by molar-refractivity contribution is 5.63. The maximum atomic E-state index is 5.80. The van der Waals surface area contributed by atoms with Crippen LogP contribution in [0.15, 0.2) is 59.1 Å². The second-order valence-electron chi connectivity index (χ2n) is 5.90. The molecule has 0 bridgehead atoms. The van der Waals surface area contributed by atoms with Gasteiger partial charge in [-0.25, -0.2) is 0 Å². The summed E-state index contributed by atoms with van der Waals surface area (Å²) in [5, 5.41) is 4.10. The van der Waals surface area contributed by atoms with Crippen LogP contribution in [0.3, 0.4) is 0 Å². The second-order valence-corrected chi connectivity index (χ2v) is 5.90.